The minimum Gasteiger partial charge on any atom is -0.264 e. The van der Waals surface area contributed by atoms with Crippen LogP contribution in [0.4, 0.5) is 8.87 Å². The minimum absolute atomic E-state index is 0.164. The second-order valence-corrected chi connectivity index (χ2v) is 10.5. The first-order chi connectivity index (χ1) is 16.6. The number of pyridine rings is 2. The first-order valence-electron chi connectivity index (χ1n) is 12.4. The van der Waals surface area contributed by atoms with Crippen LogP contribution in [0.15, 0.2) is 67.6 Å². The van der Waals surface area contributed by atoms with Crippen molar-refractivity contribution < 1.29 is 8.87 Å². The smallest absolute Gasteiger partial charge is 0.130 e. The number of alkyl halides is 1. The highest BCUT2D eigenvalue weighted by atomic mass is 19.2. The van der Waals surface area contributed by atoms with Crippen molar-refractivity contribution in [2.45, 2.75) is 71.5 Å². The molecule has 1 saturated carbocycles. The lowest BCUT2D eigenvalue weighted by Gasteiger charge is -2.44. The third-order valence-electron chi connectivity index (χ3n) is 7.46. The third kappa shape index (κ3) is 5.14. The number of hydrogen-bond donors (Lipinski definition) is 0. The number of aromatic nitrogens is 2. The summed E-state index contributed by atoms with van der Waals surface area (Å²) in [5, 5.41) is 0.790. The van der Waals surface area contributed by atoms with Gasteiger partial charge in [0.15, 0.2) is 0 Å². The lowest BCUT2D eigenvalue weighted by Crippen LogP contribution is -2.36. The van der Waals surface area contributed by atoms with Crippen LogP contribution in [-0.4, -0.2) is 15.1 Å². The molecule has 1 fully saturated rings. The second-order valence-electron chi connectivity index (χ2n) is 10.5. The van der Waals surface area contributed by atoms with E-state index in [1.165, 1.54) is 20.3 Å². The predicted molar refractivity (Wildman–Crippen MR) is 139 cm³/mol. The van der Waals surface area contributed by atoms with Gasteiger partial charge in [-0.2, -0.15) is 0 Å². The fourth-order valence-corrected chi connectivity index (χ4v) is 5.59. The van der Waals surface area contributed by atoms with Crippen LogP contribution in [0, 0.1) is 12.3 Å². The molecule has 0 radical (unpaired) electrons. The van der Waals surface area contributed by atoms with Gasteiger partial charge in [0.25, 0.3) is 0 Å². The number of rotatable bonds is 7. The van der Waals surface area contributed by atoms with Crippen LogP contribution in [0.3, 0.4) is 0 Å². The molecule has 0 N–H and O–H groups in total. The molecule has 35 heavy (non-hydrogen) atoms. The van der Waals surface area contributed by atoms with Gasteiger partial charge in [0.1, 0.15) is 5.67 Å². The first kappa shape index (κ1) is 25.0. The van der Waals surface area contributed by atoms with Crippen molar-refractivity contribution >= 4 is 5.70 Å². The van der Waals surface area contributed by atoms with Crippen molar-refractivity contribution in [1.29, 1.82) is 0 Å². The van der Waals surface area contributed by atoms with Crippen LogP contribution in [0.2, 0.25) is 0 Å². The zero-order valence-corrected chi connectivity index (χ0v) is 21.2. The van der Waals surface area contributed by atoms with Crippen molar-refractivity contribution in [3.63, 3.8) is 0 Å². The molecule has 0 spiro atoms. The van der Waals surface area contributed by atoms with E-state index >= 15 is 4.48 Å². The highest BCUT2D eigenvalue weighted by Crippen LogP contribution is 2.51. The van der Waals surface area contributed by atoms with Gasteiger partial charge >= 0.3 is 0 Å². The average Bonchev–Trinajstić information content (AvgIpc) is 2.84. The highest BCUT2D eigenvalue weighted by Gasteiger charge is 2.42. The molecule has 1 aliphatic rings. The molecule has 184 valence electrons. The monoisotopic (exact) mass is 475 g/mol. The van der Waals surface area contributed by atoms with Gasteiger partial charge in [0.2, 0.25) is 0 Å². The van der Waals surface area contributed by atoms with Crippen LogP contribution < -0.4 is 0 Å². The number of halogens is 2. The van der Waals surface area contributed by atoms with Gasteiger partial charge in [-0.3, -0.25) is 9.97 Å². The van der Waals surface area contributed by atoms with Crippen LogP contribution in [0.1, 0.15) is 81.3 Å². The Morgan fingerprint density at radius 2 is 1.77 bits per heavy atom. The van der Waals surface area contributed by atoms with Crippen LogP contribution in [-0.2, 0) is 5.67 Å². The van der Waals surface area contributed by atoms with Gasteiger partial charge in [-0.25, -0.2) is 9.51 Å². The molecule has 2 aromatic heterocycles. The lowest BCUT2D eigenvalue weighted by molar-refractivity contribution is -0.0338. The highest BCUT2D eigenvalue weighted by molar-refractivity contribution is 5.65. The summed E-state index contributed by atoms with van der Waals surface area (Å²) in [6.07, 6.45) is 10.3. The van der Waals surface area contributed by atoms with Crippen molar-refractivity contribution in [1.82, 2.24) is 15.1 Å². The molecule has 3 aromatic rings. The molecule has 1 atom stereocenters. The van der Waals surface area contributed by atoms with Crippen LogP contribution in [0.5, 0.6) is 0 Å². The molecule has 5 heteroatoms. The van der Waals surface area contributed by atoms with E-state index in [0.29, 0.717) is 16.8 Å². The third-order valence-corrected chi connectivity index (χ3v) is 7.46. The summed E-state index contributed by atoms with van der Waals surface area (Å²) in [5.41, 5.74) is 2.70. The van der Waals surface area contributed by atoms with Gasteiger partial charge in [0, 0.05) is 18.6 Å². The maximum Gasteiger partial charge on any atom is 0.130 e. The van der Waals surface area contributed by atoms with Crippen molar-refractivity contribution in [3.05, 3.63) is 90.0 Å². The number of hydrogen-bond acceptors (Lipinski definition) is 3. The summed E-state index contributed by atoms with van der Waals surface area (Å²) >= 11 is 0. The lowest BCUT2D eigenvalue weighted by atomic mass is 9.68. The Balaban J connectivity index is 1.78. The van der Waals surface area contributed by atoms with E-state index in [1.807, 2.05) is 36.5 Å². The summed E-state index contributed by atoms with van der Waals surface area (Å²) < 4.78 is 31.4. The van der Waals surface area contributed by atoms with Gasteiger partial charge in [0.05, 0.1) is 17.4 Å². The normalized spacial score (nSPS) is 16.5. The first-order valence-corrected chi connectivity index (χ1v) is 12.4. The summed E-state index contributed by atoms with van der Waals surface area (Å²) in [6, 6.07) is 13.1. The molecule has 0 aliphatic heterocycles. The number of nitrogens with zero attached hydrogens (tertiary/aromatic N) is 3. The van der Waals surface area contributed by atoms with E-state index in [2.05, 4.69) is 29.5 Å². The molecule has 2 heterocycles. The summed E-state index contributed by atoms with van der Waals surface area (Å²) in [6.45, 7) is 11.1. The van der Waals surface area contributed by atoms with E-state index < -0.39 is 11.7 Å². The maximum absolute atomic E-state index is 16.6. The van der Waals surface area contributed by atoms with Gasteiger partial charge in [-0.05, 0) is 85.0 Å². The van der Waals surface area contributed by atoms with Crippen LogP contribution in [0.25, 0.3) is 16.8 Å². The molecule has 0 bridgehead atoms. The molecular formula is C30H35F2N3. The molecule has 0 saturated heterocycles. The van der Waals surface area contributed by atoms with Gasteiger partial charge in [-0.1, -0.05) is 61.5 Å². The fourth-order valence-electron chi connectivity index (χ4n) is 5.59. The Kier molecular flexibility index (Phi) is 7.07. The molecule has 0 amide bonds. The van der Waals surface area contributed by atoms with E-state index in [1.54, 1.807) is 25.4 Å². The predicted octanol–water partition coefficient (Wildman–Crippen LogP) is 8.53. The average molecular weight is 476 g/mol. The Labute approximate surface area is 207 Å². The quantitative estimate of drug-likeness (QED) is 0.321. The van der Waals surface area contributed by atoms with E-state index in [4.69, 9.17) is 0 Å². The molecular weight excluding hydrogens is 440 g/mol. The SMILES string of the molecule is C=C(c1nccc(C(C)(C)F)c1C)N(F)C(c1cccc(-c2cccnc2)c1)C1(C)CCCCC1. The maximum atomic E-state index is 16.6. The van der Waals surface area contributed by atoms with Gasteiger partial charge in [-0.15, -0.1) is 0 Å². The van der Waals surface area contributed by atoms with Crippen molar-refractivity contribution in [2.24, 2.45) is 5.41 Å². The molecule has 4 rings (SSSR count). The molecule has 1 aromatic carbocycles. The summed E-state index contributed by atoms with van der Waals surface area (Å²) in [7, 11) is 0. The topological polar surface area (TPSA) is 29.0 Å². The fraction of sp³-hybridized carbons (Fsp3) is 0.400. The van der Waals surface area contributed by atoms with Crippen molar-refractivity contribution in [2.75, 3.05) is 0 Å². The summed E-state index contributed by atoms with van der Waals surface area (Å²) in [4.78, 5) is 8.67. The standard InChI is InChI=1S/C30H35F2N3/c1-21-26(29(3,4)31)14-18-34-27(21)22(2)35(32)28(30(5)15-7-6-8-16-30)24-12-9-11-23(19-24)25-13-10-17-33-20-25/h9-14,17-20,28H,2,6-8,15-16H2,1,3-5H3. The second kappa shape index (κ2) is 9.88. The Hall–Kier alpha value is -3.08. The van der Waals surface area contributed by atoms with Gasteiger partial charge < -0.3 is 0 Å². The Morgan fingerprint density at radius 1 is 1.06 bits per heavy atom. The molecule has 1 aliphatic carbocycles. The van der Waals surface area contributed by atoms with E-state index in [9.17, 15) is 4.39 Å². The molecule has 1 unspecified atom stereocenters. The summed E-state index contributed by atoms with van der Waals surface area (Å²) in [5.74, 6) is 0. The number of benzene rings is 1. The van der Waals surface area contributed by atoms with Crippen molar-refractivity contribution in [3.8, 4) is 11.1 Å². The van der Waals surface area contributed by atoms with E-state index in [0.717, 1.165) is 47.5 Å². The minimum atomic E-state index is -1.56. The zero-order valence-electron chi connectivity index (χ0n) is 21.2. The largest absolute Gasteiger partial charge is 0.264 e. The van der Waals surface area contributed by atoms with Crippen LogP contribution >= 0.6 is 0 Å². The Morgan fingerprint density at radius 3 is 2.43 bits per heavy atom. The zero-order chi connectivity index (χ0) is 25.2. The molecule has 3 nitrogen and oxygen atoms in total. The van der Waals surface area contributed by atoms with E-state index in [-0.39, 0.29) is 11.1 Å². The Bertz CT molecular complexity index is 1180.